The first-order chi connectivity index (χ1) is 12.4. The highest BCUT2D eigenvalue weighted by molar-refractivity contribution is 9.10. The van der Waals surface area contributed by atoms with Crippen molar-refractivity contribution < 1.29 is 17.9 Å². The van der Waals surface area contributed by atoms with Crippen LogP contribution in [-0.4, -0.2) is 34.0 Å². The summed E-state index contributed by atoms with van der Waals surface area (Å²) in [6.45, 7) is 2.72. The molecule has 0 spiro atoms. The Bertz CT molecular complexity index is 839. The molecule has 0 saturated heterocycles. The third-order valence-electron chi connectivity index (χ3n) is 3.46. The van der Waals surface area contributed by atoms with Gasteiger partial charge in [0.1, 0.15) is 12.4 Å². The van der Waals surface area contributed by atoms with Crippen molar-refractivity contribution in [2.45, 2.75) is 18.2 Å². The third-order valence-corrected chi connectivity index (χ3v) is 5.42. The van der Waals surface area contributed by atoms with E-state index in [4.69, 9.17) is 4.74 Å². The molecule has 2 rings (SSSR count). The standard InChI is InChI=1S/C18H21BrN2O4S/c1-14-5-7-16(8-6-14)25-12-11-20-18(22)9-10-21-26(23,24)17-4-2-3-15(19)13-17/h2-8,13,21H,9-12H2,1H3,(H,20,22). The van der Waals surface area contributed by atoms with Gasteiger partial charge in [0, 0.05) is 17.4 Å². The van der Waals surface area contributed by atoms with E-state index in [0.717, 1.165) is 11.3 Å². The molecule has 2 N–H and O–H groups in total. The van der Waals surface area contributed by atoms with Gasteiger partial charge in [-0.25, -0.2) is 13.1 Å². The van der Waals surface area contributed by atoms with E-state index in [2.05, 4.69) is 26.0 Å². The first kappa shape index (κ1) is 20.4. The van der Waals surface area contributed by atoms with Gasteiger partial charge >= 0.3 is 0 Å². The predicted octanol–water partition coefficient (Wildman–Crippen LogP) is 2.62. The predicted molar refractivity (Wildman–Crippen MR) is 104 cm³/mol. The molecule has 0 unspecified atom stereocenters. The van der Waals surface area contributed by atoms with Gasteiger partial charge in [-0.05, 0) is 37.3 Å². The van der Waals surface area contributed by atoms with Crippen LogP contribution in [0.5, 0.6) is 5.75 Å². The van der Waals surface area contributed by atoms with Gasteiger partial charge < -0.3 is 10.1 Å². The molecule has 0 saturated carbocycles. The van der Waals surface area contributed by atoms with E-state index in [1.807, 2.05) is 31.2 Å². The number of halogens is 1. The van der Waals surface area contributed by atoms with Crippen LogP contribution in [0, 0.1) is 6.92 Å². The molecule has 0 atom stereocenters. The lowest BCUT2D eigenvalue weighted by atomic mass is 10.2. The molecule has 26 heavy (non-hydrogen) atoms. The molecule has 1 amide bonds. The van der Waals surface area contributed by atoms with Crippen LogP contribution < -0.4 is 14.8 Å². The number of benzene rings is 2. The van der Waals surface area contributed by atoms with E-state index >= 15 is 0 Å². The van der Waals surface area contributed by atoms with E-state index in [1.54, 1.807) is 12.1 Å². The zero-order valence-corrected chi connectivity index (χ0v) is 16.8. The van der Waals surface area contributed by atoms with Crippen molar-refractivity contribution in [3.8, 4) is 5.75 Å². The maximum atomic E-state index is 12.1. The summed E-state index contributed by atoms with van der Waals surface area (Å²) in [5.74, 6) is 0.501. The van der Waals surface area contributed by atoms with Crippen LogP contribution in [0.25, 0.3) is 0 Å². The molecule has 0 aliphatic rings. The molecule has 2 aromatic rings. The Balaban J connectivity index is 1.66. The minimum atomic E-state index is -3.63. The fourth-order valence-corrected chi connectivity index (χ4v) is 3.73. The fourth-order valence-electron chi connectivity index (χ4n) is 2.10. The molecular formula is C18H21BrN2O4S. The number of aryl methyl sites for hydroxylation is 1. The molecular weight excluding hydrogens is 420 g/mol. The second kappa shape index (κ2) is 9.70. The Kier molecular flexibility index (Phi) is 7.62. The van der Waals surface area contributed by atoms with Crippen LogP contribution in [0.15, 0.2) is 57.9 Å². The third kappa shape index (κ3) is 6.78. The summed E-state index contributed by atoms with van der Waals surface area (Å²) in [6.07, 6.45) is 0.0533. The Hall–Kier alpha value is -1.90. The number of carbonyl (C=O) groups is 1. The Morgan fingerprint density at radius 1 is 1.12 bits per heavy atom. The van der Waals surface area contributed by atoms with Crippen molar-refractivity contribution >= 4 is 31.9 Å². The molecule has 6 nitrogen and oxygen atoms in total. The van der Waals surface area contributed by atoms with Gasteiger partial charge in [0.15, 0.2) is 0 Å². The van der Waals surface area contributed by atoms with Crippen molar-refractivity contribution in [3.05, 3.63) is 58.6 Å². The van der Waals surface area contributed by atoms with Gasteiger partial charge in [-0.1, -0.05) is 39.7 Å². The van der Waals surface area contributed by atoms with Crippen LogP contribution in [0.3, 0.4) is 0 Å². The zero-order valence-electron chi connectivity index (χ0n) is 14.4. The molecule has 8 heteroatoms. The highest BCUT2D eigenvalue weighted by Gasteiger charge is 2.14. The first-order valence-electron chi connectivity index (χ1n) is 8.08. The van der Waals surface area contributed by atoms with E-state index < -0.39 is 10.0 Å². The minimum absolute atomic E-state index is 0.0273. The van der Waals surface area contributed by atoms with Crippen LogP contribution in [0.2, 0.25) is 0 Å². The highest BCUT2D eigenvalue weighted by Crippen LogP contribution is 2.15. The molecule has 140 valence electrons. The largest absolute Gasteiger partial charge is 0.492 e. The zero-order chi connectivity index (χ0) is 19.0. The van der Waals surface area contributed by atoms with Crippen LogP contribution in [0.4, 0.5) is 0 Å². The van der Waals surface area contributed by atoms with Crippen LogP contribution in [-0.2, 0) is 14.8 Å². The average Bonchev–Trinajstić information content (AvgIpc) is 2.60. The van der Waals surface area contributed by atoms with Crippen molar-refractivity contribution in [2.75, 3.05) is 19.7 Å². The molecule has 0 aliphatic carbocycles. The summed E-state index contributed by atoms with van der Waals surface area (Å²) in [4.78, 5) is 11.9. The lowest BCUT2D eigenvalue weighted by molar-refractivity contribution is -0.121. The highest BCUT2D eigenvalue weighted by atomic mass is 79.9. The monoisotopic (exact) mass is 440 g/mol. The molecule has 2 aromatic carbocycles. The smallest absolute Gasteiger partial charge is 0.240 e. The SMILES string of the molecule is Cc1ccc(OCCNC(=O)CCNS(=O)(=O)c2cccc(Br)c2)cc1. The lowest BCUT2D eigenvalue weighted by Crippen LogP contribution is -2.32. The van der Waals surface area contributed by atoms with Gasteiger partial charge in [-0.2, -0.15) is 0 Å². The van der Waals surface area contributed by atoms with E-state index in [1.165, 1.54) is 12.1 Å². The molecule has 0 bridgehead atoms. The van der Waals surface area contributed by atoms with E-state index in [9.17, 15) is 13.2 Å². The number of amides is 1. The summed E-state index contributed by atoms with van der Waals surface area (Å²) in [6, 6.07) is 14.0. The maximum absolute atomic E-state index is 12.1. The number of ether oxygens (including phenoxy) is 1. The van der Waals surface area contributed by atoms with E-state index in [0.29, 0.717) is 17.6 Å². The molecule has 0 radical (unpaired) electrons. The summed E-state index contributed by atoms with van der Waals surface area (Å²) >= 11 is 3.23. The molecule has 0 fully saturated rings. The summed E-state index contributed by atoms with van der Waals surface area (Å²) in [5.41, 5.74) is 1.15. The van der Waals surface area contributed by atoms with Gasteiger partial charge in [-0.3, -0.25) is 4.79 Å². The van der Waals surface area contributed by atoms with Crippen LogP contribution in [0.1, 0.15) is 12.0 Å². The molecule has 0 aliphatic heterocycles. The minimum Gasteiger partial charge on any atom is -0.492 e. The number of hydrogen-bond donors (Lipinski definition) is 2. The number of hydrogen-bond acceptors (Lipinski definition) is 4. The Morgan fingerprint density at radius 2 is 1.85 bits per heavy atom. The van der Waals surface area contributed by atoms with Crippen LogP contribution >= 0.6 is 15.9 Å². The van der Waals surface area contributed by atoms with Gasteiger partial charge in [0.05, 0.1) is 11.4 Å². The summed E-state index contributed by atoms with van der Waals surface area (Å²) in [5, 5.41) is 2.69. The summed E-state index contributed by atoms with van der Waals surface area (Å²) < 4.78 is 32.8. The van der Waals surface area contributed by atoms with Gasteiger partial charge in [0.2, 0.25) is 15.9 Å². The second-order valence-corrected chi connectivity index (χ2v) is 8.30. The lowest BCUT2D eigenvalue weighted by Gasteiger charge is -2.09. The first-order valence-corrected chi connectivity index (χ1v) is 10.4. The maximum Gasteiger partial charge on any atom is 0.240 e. The number of nitrogens with one attached hydrogen (secondary N) is 2. The van der Waals surface area contributed by atoms with Crippen molar-refractivity contribution in [1.29, 1.82) is 0 Å². The molecule has 0 aromatic heterocycles. The average molecular weight is 441 g/mol. The van der Waals surface area contributed by atoms with Gasteiger partial charge in [-0.15, -0.1) is 0 Å². The van der Waals surface area contributed by atoms with E-state index in [-0.39, 0.29) is 23.8 Å². The number of sulfonamides is 1. The number of carbonyl (C=O) groups excluding carboxylic acids is 1. The molecule has 0 heterocycles. The quantitative estimate of drug-likeness (QED) is 0.586. The fraction of sp³-hybridized carbons (Fsp3) is 0.278. The Morgan fingerprint density at radius 3 is 2.54 bits per heavy atom. The topological polar surface area (TPSA) is 84.5 Å². The van der Waals surface area contributed by atoms with Gasteiger partial charge in [0.25, 0.3) is 0 Å². The Labute approximate surface area is 162 Å². The summed E-state index contributed by atoms with van der Waals surface area (Å²) in [7, 11) is -3.63. The second-order valence-electron chi connectivity index (χ2n) is 5.62. The number of rotatable bonds is 9. The normalized spacial score (nSPS) is 11.2. The van der Waals surface area contributed by atoms with Crippen molar-refractivity contribution in [2.24, 2.45) is 0 Å². The van der Waals surface area contributed by atoms with Crippen molar-refractivity contribution in [3.63, 3.8) is 0 Å². The van der Waals surface area contributed by atoms with Crippen molar-refractivity contribution in [1.82, 2.24) is 10.0 Å².